The molecule has 0 bridgehead atoms. The first-order valence-corrected chi connectivity index (χ1v) is 14.1. The highest BCUT2D eigenvalue weighted by Gasteiger charge is 2.28. The minimum absolute atomic E-state index is 0.0735. The first-order valence-electron chi connectivity index (χ1n) is 12.6. The molecule has 10 nitrogen and oxygen atoms in total. The number of ether oxygens (including phenoxy) is 3. The van der Waals surface area contributed by atoms with Crippen LogP contribution in [0.25, 0.3) is 5.69 Å². The number of amides is 1. The summed E-state index contributed by atoms with van der Waals surface area (Å²) >= 11 is 0. The van der Waals surface area contributed by atoms with Crippen molar-refractivity contribution < 1.29 is 27.4 Å². The molecule has 1 amide bonds. The van der Waals surface area contributed by atoms with Gasteiger partial charge in [0.25, 0.3) is 15.9 Å². The second-order valence-electron chi connectivity index (χ2n) is 9.02. The van der Waals surface area contributed by atoms with Crippen LogP contribution in [0.2, 0.25) is 0 Å². The van der Waals surface area contributed by atoms with Crippen molar-refractivity contribution in [3.05, 3.63) is 95.8 Å². The molecule has 214 valence electrons. The molecule has 0 saturated carbocycles. The second kappa shape index (κ2) is 12.6. The number of nitrogens with one attached hydrogen (secondary N) is 1. The van der Waals surface area contributed by atoms with E-state index in [0.29, 0.717) is 11.5 Å². The van der Waals surface area contributed by atoms with Gasteiger partial charge in [0.1, 0.15) is 12.3 Å². The van der Waals surface area contributed by atoms with E-state index >= 15 is 0 Å². The van der Waals surface area contributed by atoms with Gasteiger partial charge in [-0.3, -0.25) is 9.10 Å². The molecule has 0 aliphatic heterocycles. The fraction of sp³-hybridized carbons (Fsp3) is 0.200. The summed E-state index contributed by atoms with van der Waals surface area (Å²) in [5.74, 6) is 0.531. The third kappa shape index (κ3) is 6.36. The van der Waals surface area contributed by atoms with Gasteiger partial charge in [-0.1, -0.05) is 18.2 Å². The highest BCUT2D eigenvalue weighted by molar-refractivity contribution is 7.92. The zero-order valence-corrected chi connectivity index (χ0v) is 24.3. The van der Waals surface area contributed by atoms with Gasteiger partial charge in [-0.05, 0) is 68.4 Å². The van der Waals surface area contributed by atoms with Gasteiger partial charge in [0, 0.05) is 28.7 Å². The summed E-state index contributed by atoms with van der Waals surface area (Å²) < 4.78 is 46.4. The predicted molar refractivity (Wildman–Crippen MR) is 158 cm³/mol. The lowest BCUT2D eigenvalue weighted by molar-refractivity contribution is -0.119. The van der Waals surface area contributed by atoms with Crippen LogP contribution in [0.4, 0.5) is 5.69 Å². The number of benzene rings is 3. The number of para-hydroxylation sites is 1. The van der Waals surface area contributed by atoms with E-state index in [4.69, 9.17) is 14.2 Å². The van der Waals surface area contributed by atoms with Crippen LogP contribution in [0.1, 0.15) is 17.0 Å². The molecule has 4 aromatic rings. The van der Waals surface area contributed by atoms with Crippen LogP contribution < -0.4 is 23.9 Å². The third-order valence-corrected chi connectivity index (χ3v) is 8.24. The Morgan fingerprint density at radius 3 is 2.22 bits per heavy atom. The summed E-state index contributed by atoms with van der Waals surface area (Å²) in [6, 6.07) is 22.5. The zero-order valence-electron chi connectivity index (χ0n) is 23.5. The number of sulfonamides is 1. The zero-order chi connectivity index (χ0) is 29.6. The van der Waals surface area contributed by atoms with Gasteiger partial charge in [0.2, 0.25) is 0 Å². The highest BCUT2D eigenvalue weighted by atomic mass is 32.2. The van der Waals surface area contributed by atoms with Crippen molar-refractivity contribution >= 4 is 27.8 Å². The van der Waals surface area contributed by atoms with Crippen molar-refractivity contribution in [2.75, 3.05) is 32.2 Å². The Balaban J connectivity index is 1.59. The van der Waals surface area contributed by atoms with Gasteiger partial charge in [0.15, 0.2) is 11.5 Å². The van der Waals surface area contributed by atoms with E-state index < -0.39 is 22.5 Å². The van der Waals surface area contributed by atoms with Crippen LogP contribution in [-0.2, 0) is 14.8 Å². The van der Waals surface area contributed by atoms with Crippen molar-refractivity contribution in [1.29, 1.82) is 0 Å². The summed E-state index contributed by atoms with van der Waals surface area (Å²) in [6.45, 7) is 3.43. The van der Waals surface area contributed by atoms with Crippen LogP contribution in [-0.4, -0.2) is 53.0 Å². The molecule has 0 radical (unpaired) electrons. The number of hydrogen-bond donors (Lipinski definition) is 1. The number of hydrogen-bond acceptors (Lipinski definition) is 7. The number of aryl methyl sites for hydroxylation is 1. The first kappa shape index (κ1) is 29.2. The maximum Gasteiger partial charge on any atom is 0.264 e. The fourth-order valence-electron chi connectivity index (χ4n) is 4.40. The SMILES string of the molecule is COc1ccc(N(CC(=O)N/N=C\c2cc(C)n(-c3ccccc3)c2C)S(=O)(=O)c2ccc(OC)c(OC)c2)cc1. The molecule has 41 heavy (non-hydrogen) atoms. The summed E-state index contributed by atoms with van der Waals surface area (Å²) in [6.07, 6.45) is 1.54. The normalized spacial score (nSPS) is 11.3. The Kier molecular flexibility index (Phi) is 8.98. The topological polar surface area (TPSA) is 111 Å². The third-order valence-electron chi connectivity index (χ3n) is 6.47. The minimum Gasteiger partial charge on any atom is -0.497 e. The van der Waals surface area contributed by atoms with Gasteiger partial charge < -0.3 is 18.8 Å². The van der Waals surface area contributed by atoms with Gasteiger partial charge in [-0.25, -0.2) is 13.8 Å². The van der Waals surface area contributed by atoms with E-state index in [0.717, 1.165) is 26.9 Å². The number of nitrogens with zero attached hydrogens (tertiary/aromatic N) is 3. The standard InChI is InChI=1S/C30H32N4O6S/c1-21-17-23(22(2)34(21)25-9-7-6-8-10-25)19-31-32-30(35)20-33(24-11-13-26(38-3)14-12-24)41(36,37)27-15-16-28(39-4)29(18-27)40-5/h6-19H,20H2,1-5H3,(H,32,35)/b31-19-. The molecular weight excluding hydrogens is 544 g/mol. The molecule has 0 spiro atoms. The molecule has 1 aromatic heterocycles. The molecule has 0 aliphatic rings. The van der Waals surface area contributed by atoms with Crippen molar-refractivity contribution in [1.82, 2.24) is 9.99 Å². The van der Waals surface area contributed by atoms with Crippen molar-refractivity contribution in [3.8, 4) is 22.9 Å². The molecule has 1 heterocycles. The molecule has 0 atom stereocenters. The number of hydrazone groups is 1. The van der Waals surface area contributed by atoms with Crippen LogP contribution in [0, 0.1) is 13.8 Å². The number of methoxy groups -OCH3 is 3. The molecule has 1 N–H and O–H groups in total. The maximum atomic E-state index is 13.8. The molecule has 0 unspecified atom stereocenters. The quantitative estimate of drug-likeness (QED) is 0.208. The van der Waals surface area contributed by atoms with E-state index in [1.165, 1.54) is 39.5 Å². The monoisotopic (exact) mass is 576 g/mol. The Hall–Kier alpha value is -4.77. The molecule has 0 fully saturated rings. The van der Waals surface area contributed by atoms with E-state index in [1.807, 2.05) is 50.2 Å². The number of aromatic nitrogens is 1. The predicted octanol–water partition coefficient (Wildman–Crippen LogP) is 4.47. The summed E-state index contributed by atoms with van der Waals surface area (Å²) in [5, 5.41) is 4.11. The first-order chi connectivity index (χ1) is 19.7. The molecule has 4 rings (SSSR count). The van der Waals surface area contributed by atoms with Crippen molar-refractivity contribution in [2.45, 2.75) is 18.7 Å². The molecule has 0 saturated heterocycles. The minimum atomic E-state index is -4.20. The van der Waals surface area contributed by atoms with Gasteiger partial charge in [-0.2, -0.15) is 5.10 Å². The lowest BCUT2D eigenvalue weighted by Crippen LogP contribution is -2.39. The molecule has 0 aliphatic carbocycles. The Bertz CT molecular complexity index is 1650. The number of carbonyl (C=O) groups is 1. The van der Waals surface area contributed by atoms with E-state index in [-0.39, 0.29) is 16.3 Å². The average molecular weight is 577 g/mol. The van der Waals surface area contributed by atoms with Crippen molar-refractivity contribution in [3.63, 3.8) is 0 Å². The van der Waals surface area contributed by atoms with E-state index in [2.05, 4.69) is 15.1 Å². The number of carbonyl (C=O) groups excluding carboxylic acids is 1. The maximum absolute atomic E-state index is 13.8. The van der Waals surface area contributed by atoms with Crippen LogP contribution in [0.5, 0.6) is 17.2 Å². The number of anilines is 1. The largest absolute Gasteiger partial charge is 0.497 e. The van der Waals surface area contributed by atoms with Gasteiger partial charge in [0.05, 0.1) is 38.1 Å². The second-order valence-corrected chi connectivity index (χ2v) is 10.9. The fourth-order valence-corrected chi connectivity index (χ4v) is 5.84. The summed E-state index contributed by atoms with van der Waals surface area (Å²) in [4.78, 5) is 12.9. The molecule has 3 aromatic carbocycles. The summed E-state index contributed by atoms with van der Waals surface area (Å²) in [7, 11) is 0.181. The lowest BCUT2D eigenvalue weighted by Gasteiger charge is -2.24. The number of rotatable bonds is 11. The van der Waals surface area contributed by atoms with E-state index in [9.17, 15) is 13.2 Å². The Morgan fingerprint density at radius 1 is 0.902 bits per heavy atom. The average Bonchev–Trinajstić information content (AvgIpc) is 3.28. The summed E-state index contributed by atoms with van der Waals surface area (Å²) in [5.41, 5.74) is 6.52. The Morgan fingerprint density at radius 2 is 1.59 bits per heavy atom. The smallest absolute Gasteiger partial charge is 0.264 e. The lowest BCUT2D eigenvalue weighted by atomic mass is 10.2. The van der Waals surface area contributed by atoms with Crippen molar-refractivity contribution in [2.24, 2.45) is 5.10 Å². The molecule has 11 heteroatoms. The van der Waals surface area contributed by atoms with Gasteiger partial charge in [-0.15, -0.1) is 0 Å². The van der Waals surface area contributed by atoms with Gasteiger partial charge >= 0.3 is 0 Å². The van der Waals surface area contributed by atoms with Crippen LogP contribution >= 0.6 is 0 Å². The molecular formula is C30H32N4O6S. The van der Waals surface area contributed by atoms with Crippen LogP contribution in [0.3, 0.4) is 0 Å². The van der Waals surface area contributed by atoms with Crippen LogP contribution in [0.15, 0.2) is 88.9 Å². The Labute approximate surface area is 239 Å². The van der Waals surface area contributed by atoms with E-state index in [1.54, 1.807) is 30.5 Å². The highest BCUT2D eigenvalue weighted by Crippen LogP contribution is 2.32.